The van der Waals surface area contributed by atoms with Gasteiger partial charge < -0.3 is 10.2 Å². The largest absolute Gasteiger partial charge is 0.329 e. The molecule has 0 saturated carbocycles. The van der Waals surface area contributed by atoms with Crippen molar-refractivity contribution in [2.24, 2.45) is 0 Å². The fourth-order valence-electron chi connectivity index (χ4n) is 2.01. The van der Waals surface area contributed by atoms with E-state index in [0.717, 1.165) is 28.1 Å². The molecule has 2 aromatic rings. The molecule has 21 heavy (non-hydrogen) atoms. The third-order valence-corrected chi connectivity index (χ3v) is 3.58. The molecule has 5 heteroatoms. The Morgan fingerprint density at radius 3 is 2.57 bits per heavy atom. The summed E-state index contributed by atoms with van der Waals surface area (Å²) in [5.41, 5.74) is 1.99. The number of hydrogen-bond donors (Lipinski definition) is 1. The van der Waals surface area contributed by atoms with Crippen molar-refractivity contribution in [2.75, 3.05) is 11.9 Å². The molecule has 1 N–H and O–H groups in total. The minimum Gasteiger partial charge on any atom is -0.329 e. The van der Waals surface area contributed by atoms with Gasteiger partial charge in [0.15, 0.2) is 0 Å². The molecule has 0 aliphatic heterocycles. The summed E-state index contributed by atoms with van der Waals surface area (Å²) >= 11 is 3.46. The van der Waals surface area contributed by atoms with Crippen LogP contribution in [0.1, 0.15) is 19.4 Å². The van der Waals surface area contributed by atoms with Crippen LogP contribution in [-0.4, -0.2) is 18.1 Å². The number of hydrogen-bond acceptors (Lipinski definition) is 3. The van der Waals surface area contributed by atoms with E-state index in [4.69, 9.17) is 0 Å². The summed E-state index contributed by atoms with van der Waals surface area (Å²) in [6.07, 6.45) is 1.77. The zero-order valence-electron chi connectivity index (χ0n) is 12.4. The molecule has 1 heterocycles. The van der Waals surface area contributed by atoms with Gasteiger partial charge in [-0.3, -0.25) is 0 Å². The van der Waals surface area contributed by atoms with Crippen LogP contribution in [0.5, 0.6) is 0 Å². The summed E-state index contributed by atoms with van der Waals surface area (Å²) in [5.74, 6) is 0.621. The molecule has 0 radical (unpaired) electrons. The van der Waals surface area contributed by atoms with Crippen LogP contribution in [0.25, 0.3) is 0 Å². The maximum atomic E-state index is 13.0. The highest BCUT2D eigenvalue weighted by Gasteiger charge is 2.12. The summed E-state index contributed by atoms with van der Waals surface area (Å²) in [7, 11) is 1.93. The molecular formula is C16H19BrFN3. The molecule has 0 aliphatic rings. The van der Waals surface area contributed by atoms with Gasteiger partial charge in [0.05, 0.1) is 0 Å². The SMILES string of the molecule is CC(C)NCc1cc(Br)cnc1N(C)c1ccc(F)cc1. The predicted octanol–water partition coefficient (Wildman–Crippen LogP) is 4.25. The molecule has 0 fully saturated rings. The third-order valence-electron chi connectivity index (χ3n) is 3.14. The van der Waals surface area contributed by atoms with Crippen molar-refractivity contribution in [3.63, 3.8) is 0 Å². The Labute approximate surface area is 133 Å². The molecule has 0 unspecified atom stereocenters. The van der Waals surface area contributed by atoms with Gasteiger partial charge in [-0.2, -0.15) is 0 Å². The highest BCUT2D eigenvalue weighted by molar-refractivity contribution is 9.10. The van der Waals surface area contributed by atoms with Crippen molar-refractivity contribution in [1.29, 1.82) is 0 Å². The molecule has 1 aromatic carbocycles. The molecule has 0 amide bonds. The van der Waals surface area contributed by atoms with Gasteiger partial charge in [0, 0.05) is 41.6 Å². The monoisotopic (exact) mass is 351 g/mol. The van der Waals surface area contributed by atoms with Gasteiger partial charge in [0.2, 0.25) is 0 Å². The lowest BCUT2D eigenvalue weighted by atomic mass is 10.2. The van der Waals surface area contributed by atoms with Crippen LogP contribution in [0.2, 0.25) is 0 Å². The van der Waals surface area contributed by atoms with Gasteiger partial charge in [0.1, 0.15) is 11.6 Å². The number of aromatic nitrogens is 1. The highest BCUT2D eigenvalue weighted by Crippen LogP contribution is 2.27. The first-order chi connectivity index (χ1) is 9.97. The Kier molecular flexibility index (Phi) is 5.31. The molecule has 1 aromatic heterocycles. The average Bonchev–Trinajstić information content (AvgIpc) is 2.45. The van der Waals surface area contributed by atoms with Crippen LogP contribution in [0, 0.1) is 5.82 Å². The lowest BCUT2D eigenvalue weighted by Gasteiger charge is -2.22. The molecule has 0 spiro atoms. The number of nitrogens with one attached hydrogen (secondary N) is 1. The lowest BCUT2D eigenvalue weighted by molar-refractivity contribution is 0.588. The molecule has 0 bridgehead atoms. The van der Waals surface area contributed by atoms with Crippen molar-refractivity contribution in [3.05, 3.63) is 52.4 Å². The first-order valence-electron chi connectivity index (χ1n) is 6.84. The van der Waals surface area contributed by atoms with Crippen LogP contribution < -0.4 is 10.2 Å². The first kappa shape index (κ1) is 15.9. The second-order valence-corrected chi connectivity index (χ2v) is 6.12. The van der Waals surface area contributed by atoms with Crippen LogP contribution >= 0.6 is 15.9 Å². The van der Waals surface area contributed by atoms with E-state index < -0.39 is 0 Å². The summed E-state index contributed by atoms with van der Waals surface area (Å²) < 4.78 is 14.0. The number of anilines is 2. The smallest absolute Gasteiger partial charge is 0.137 e. The average molecular weight is 352 g/mol. The third kappa shape index (κ3) is 4.25. The van der Waals surface area contributed by atoms with Crippen molar-refractivity contribution in [2.45, 2.75) is 26.4 Å². The second-order valence-electron chi connectivity index (χ2n) is 5.21. The normalized spacial score (nSPS) is 11.0. The van der Waals surface area contributed by atoms with E-state index in [0.29, 0.717) is 6.04 Å². The molecule has 0 atom stereocenters. The van der Waals surface area contributed by atoms with Crippen LogP contribution in [0.3, 0.4) is 0 Å². The van der Waals surface area contributed by atoms with Gasteiger partial charge in [-0.15, -0.1) is 0 Å². The first-order valence-corrected chi connectivity index (χ1v) is 7.64. The van der Waals surface area contributed by atoms with Crippen molar-refractivity contribution in [1.82, 2.24) is 10.3 Å². The highest BCUT2D eigenvalue weighted by atomic mass is 79.9. The van der Waals surface area contributed by atoms with E-state index in [1.807, 2.05) is 11.9 Å². The van der Waals surface area contributed by atoms with Gasteiger partial charge in [0.25, 0.3) is 0 Å². The summed E-state index contributed by atoms with van der Waals surface area (Å²) in [6.45, 7) is 4.94. The maximum absolute atomic E-state index is 13.0. The molecule has 2 rings (SSSR count). The minimum absolute atomic E-state index is 0.238. The van der Waals surface area contributed by atoms with Gasteiger partial charge >= 0.3 is 0 Å². The van der Waals surface area contributed by atoms with Crippen LogP contribution in [0.15, 0.2) is 41.0 Å². The van der Waals surface area contributed by atoms with E-state index in [9.17, 15) is 4.39 Å². The zero-order chi connectivity index (χ0) is 15.4. The predicted molar refractivity (Wildman–Crippen MR) is 88.4 cm³/mol. The Balaban J connectivity index is 2.30. The van der Waals surface area contributed by atoms with Crippen molar-refractivity contribution >= 4 is 27.4 Å². The fourth-order valence-corrected chi connectivity index (χ4v) is 2.39. The summed E-state index contributed by atoms with van der Waals surface area (Å²) in [5, 5.41) is 3.40. The number of nitrogens with zero attached hydrogens (tertiary/aromatic N) is 2. The van der Waals surface area contributed by atoms with E-state index in [1.165, 1.54) is 12.1 Å². The zero-order valence-corrected chi connectivity index (χ0v) is 14.0. The van der Waals surface area contributed by atoms with Gasteiger partial charge in [-0.25, -0.2) is 9.37 Å². The van der Waals surface area contributed by atoms with Crippen molar-refractivity contribution in [3.8, 4) is 0 Å². The molecular weight excluding hydrogens is 333 g/mol. The second kappa shape index (κ2) is 7.00. The number of benzene rings is 1. The Hall–Kier alpha value is -1.46. The fraction of sp³-hybridized carbons (Fsp3) is 0.312. The molecule has 112 valence electrons. The van der Waals surface area contributed by atoms with E-state index in [-0.39, 0.29) is 5.82 Å². The Bertz CT molecular complexity index is 599. The van der Waals surface area contributed by atoms with Gasteiger partial charge in [-0.1, -0.05) is 13.8 Å². The number of rotatable bonds is 5. The summed E-state index contributed by atoms with van der Waals surface area (Å²) in [6, 6.07) is 8.86. The minimum atomic E-state index is -0.238. The van der Waals surface area contributed by atoms with E-state index >= 15 is 0 Å². The quantitative estimate of drug-likeness (QED) is 0.872. The van der Waals surface area contributed by atoms with Crippen molar-refractivity contribution < 1.29 is 4.39 Å². The van der Waals surface area contributed by atoms with Gasteiger partial charge in [-0.05, 0) is 46.3 Å². The Morgan fingerprint density at radius 1 is 1.29 bits per heavy atom. The van der Waals surface area contributed by atoms with E-state index in [2.05, 4.69) is 46.1 Å². The topological polar surface area (TPSA) is 28.2 Å². The van der Waals surface area contributed by atoms with Crippen LogP contribution in [-0.2, 0) is 6.54 Å². The van der Waals surface area contributed by atoms with E-state index in [1.54, 1.807) is 18.3 Å². The molecule has 3 nitrogen and oxygen atoms in total. The molecule has 0 aliphatic carbocycles. The van der Waals surface area contributed by atoms with Crippen LogP contribution in [0.4, 0.5) is 15.9 Å². The Morgan fingerprint density at radius 2 is 1.95 bits per heavy atom. The summed E-state index contributed by atoms with van der Waals surface area (Å²) in [4.78, 5) is 6.46. The molecule has 0 saturated heterocycles. The standard InChI is InChI=1S/C16H19BrFN3/c1-11(2)19-9-12-8-13(17)10-20-16(12)21(3)15-6-4-14(18)5-7-15/h4-8,10-11,19H,9H2,1-3H3. The lowest BCUT2D eigenvalue weighted by Crippen LogP contribution is -2.24. The number of pyridine rings is 1. The maximum Gasteiger partial charge on any atom is 0.137 e. The number of halogens is 2.